The third kappa shape index (κ3) is 3.10. The molecule has 4 nitrogen and oxygen atoms in total. The van der Waals surface area contributed by atoms with Crippen LogP contribution in [0, 0.1) is 0 Å². The Morgan fingerprint density at radius 3 is 2.08 bits per heavy atom. The van der Waals surface area contributed by atoms with E-state index in [0.29, 0.717) is 5.70 Å². The van der Waals surface area contributed by atoms with E-state index in [1.54, 1.807) is 17.0 Å². The van der Waals surface area contributed by atoms with Crippen molar-refractivity contribution in [2.75, 3.05) is 4.90 Å². The number of nitrogens with two attached hydrogens (primary N) is 1. The first-order chi connectivity index (χ1) is 12.7. The maximum atomic E-state index is 13.1. The molecule has 26 heavy (non-hydrogen) atoms. The minimum Gasteiger partial charge on any atom is -0.872 e. The van der Waals surface area contributed by atoms with Gasteiger partial charge in [0.05, 0.1) is 6.04 Å². The van der Waals surface area contributed by atoms with Gasteiger partial charge in [-0.1, -0.05) is 60.7 Å². The van der Waals surface area contributed by atoms with E-state index in [0.717, 1.165) is 16.9 Å². The summed E-state index contributed by atoms with van der Waals surface area (Å²) in [5, 5.41) is 13.4. The topological polar surface area (TPSA) is 60.0 Å². The number of benzene rings is 3. The van der Waals surface area contributed by atoms with Crippen LogP contribution in [0.25, 0.3) is 0 Å². The second kappa shape index (κ2) is 6.86. The second-order valence-corrected chi connectivity index (χ2v) is 6.20. The number of rotatable bonds is 4. The normalized spacial score (nSPS) is 16.6. The Hall–Kier alpha value is -3.37. The quantitative estimate of drug-likeness (QED) is 0.741. The largest absolute Gasteiger partial charge is 0.872 e. The van der Waals surface area contributed by atoms with Crippen molar-refractivity contribution < 1.29 is 15.2 Å². The Kier molecular flexibility index (Phi) is 4.25. The second-order valence-electron chi connectivity index (χ2n) is 6.20. The Labute approximate surface area is 152 Å². The molecule has 0 saturated carbocycles. The van der Waals surface area contributed by atoms with E-state index >= 15 is 0 Å². The summed E-state index contributed by atoms with van der Waals surface area (Å²) in [5.74, 6) is -0.0827. The maximum absolute atomic E-state index is 13.1. The van der Waals surface area contributed by atoms with Crippen molar-refractivity contribution in [3.63, 3.8) is 0 Å². The van der Waals surface area contributed by atoms with Crippen LogP contribution in [0.5, 0.6) is 5.75 Å². The molecule has 1 atom stereocenters. The highest BCUT2D eigenvalue weighted by Crippen LogP contribution is 2.34. The molecule has 0 radical (unpaired) electrons. The maximum Gasteiger partial charge on any atom is 0.313 e. The van der Waals surface area contributed by atoms with E-state index in [9.17, 15) is 9.90 Å². The Balaban J connectivity index is 1.73. The van der Waals surface area contributed by atoms with Crippen LogP contribution < -0.4 is 15.3 Å². The number of nitrogens with zero attached hydrogens (tertiary/aromatic N) is 1. The highest BCUT2D eigenvalue weighted by molar-refractivity contribution is 6.07. The minimum atomic E-state index is -0.236. The molecule has 1 amide bonds. The van der Waals surface area contributed by atoms with Crippen LogP contribution in [0.2, 0.25) is 0 Å². The van der Waals surface area contributed by atoms with Gasteiger partial charge in [0.1, 0.15) is 5.69 Å². The molecule has 0 aromatic heterocycles. The summed E-state index contributed by atoms with van der Waals surface area (Å²) in [7, 11) is 0. The van der Waals surface area contributed by atoms with Gasteiger partial charge in [-0.15, -0.1) is 5.75 Å². The lowest BCUT2D eigenvalue weighted by Crippen LogP contribution is -2.77. The van der Waals surface area contributed by atoms with Gasteiger partial charge in [-0.2, -0.15) is 0 Å². The first kappa shape index (κ1) is 16.1. The van der Waals surface area contributed by atoms with Gasteiger partial charge in [0.15, 0.2) is 5.70 Å². The van der Waals surface area contributed by atoms with Gasteiger partial charge < -0.3 is 5.11 Å². The standard InChI is InChI=1S/C22H18N2O2/c25-19-13-11-16(12-14-19)21-15-20(23-17-7-3-1-4-8-17)22(26)24(21)18-9-5-2-6-10-18/h1-15,21,23,25H. The fourth-order valence-corrected chi connectivity index (χ4v) is 3.20. The molecular weight excluding hydrogens is 324 g/mol. The average molecular weight is 342 g/mol. The first-order valence-electron chi connectivity index (χ1n) is 8.49. The molecule has 1 aliphatic heterocycles. The van der Waals surface area contributed by atoms with E-state index in [-0.39, 0.29) is 17.7 Å². The summed E-state index contributed by atoms with van der Waals surface area (Å²) in [6.07, 6.45) is 1.96. The molecule has 0 aliphatic carbocycles. The monoisotopic (exact) mass is 342 g/mol. The predicted molar refractivity (Wildman–Crippen MR) is 98.7 cm³/mol. The Morgan fingerprint density at radius 2 is 1.42 bits per heavy atom. The molecule has 1 unspecified atom stereocenters. The molecule has 1 heterocycles. The molecule has 3 aromatic carbocycles. The van der Waals surface area contributed by atoms with E-state index in [4.69, 9.17) is 0 Å². The zero-order valence-corrected chi connectivity index (χ0v) is 14.1. The van der Waals surface area contributed by atoms with Crippen molar-refractivity contribution in [2.24, 2.45) is 0 Å². The molecule has 0 bridgehead atoms. The molecule has 0 saturated heterocycles. The summed E-state index contributed by atoms with van der Waals surface area (Å²) < 4.78 is 0. The van der Waals surface area contributed by atoms with E-state index < -0.39 is 0 Å². The van der Waals surface area contributed by atoms with E-state index in [1.807, 2.05) is 72.1 Å². The molecule has 0 fully saturated rings. The Morgan fingerprint density at radius 1 is 0.808 bits per heavy atom. The van der Waals surface area contributed by atoms with Crippen molar-refractivity contribution in [1.82, 2.24) is 0 Å². The van der Waals surface area contributed by atoms with Crippen LogP contribution in [0.4, 0.5) is 11.4 Å². The molecule has 2 N–H and O–H groups in total. The third-order valence-corrected chi connectivity index (χ3v) is 4.46. The van der Waals surface area contributed by atoms with Gasteiger partial charge in [-0.25, -0.2) is 0 Å². The van der Waals surface area contributed by atoms with Gasteiger partial charge in [0, 0.05) is 11.8 Å². The lowest BCUT2D eigenvalue weighted by molar-refractivity contribution is -0.510. The van der Waals surface area contributed by atoms with Crippen LogP contribution in [-0.2, 0) is 4.79 Å². The SMILES string of the molecule is O=C1C([NH2+]c2ccccc2)=CC(c2ccc([O-])cc2)N1c1ccccc1. The number of hydrogen-bond acceptors (Lipinski definition) is 2. The zero-order chi connectivity index (χ0) is 17.9. The molecule has 4 rings (SSSR count). The lowest BCUT2D eigenvalue weighted by atomic mass is 10.1. The van der Waals surface area contributed by atoms with Crippen molar-refractivity contribution in [3.8, 4) is 5.75 Å². The summed E-state index contributed by atoms with van der Waals surface area (Å²) in [4.78, 5) is 14.9. The van der Waals surface area contributed by atoms with Crippen molar-refractivity contribution in [1.29, 1.82) is 0 Å². The van der Waals surface area contributed by atoms with Crippen LogP contribution in [-0.4, -0.2) is 5.91 Å². The Bertz CT molecular complexity index is 935. The minimum absolute atomic E-state index is 0.0376. The van der Waals surface area contributed by atoms with Crippen molar-refractivity contribution in [3.05, 3.63) is 102 Å². The highest BCUT2D eigenvalue weighted by Gasteiger charge is 2.37. The summed E-state index contributed by atoms with van der Waals surface area (Å²) in [6, 6.07) is 25.8. The molecule has 0 spiro atoms. The van der Waals surface area contributed by atoms with Crippen molar-refractivity contribution >= 4 is 17.3 Å². The molecular formula is C22H18N2O2. The smallest absolute Gasteiger partial charge is 0.313 e. The van der Waals surface area contributed by atoms with Gasteiger partial charge in [0.2, 0.25) is 0 Å². The third-order valence-electron chi connectivity index (χ3n) is 4.46. The number of carbonyl (C=O) groups is 1. The number of quaternary nitrogens is 1. The molecule has 4 heteroatoms. The predicted octanol–water partition coefficient (Wildman–Crippen LogP) is 2.63. The van der Waals surface area contributed by atoms with Gasteiger partial charge in [0.25, 0.3) is 0 Å². The van der Waals surface area contributed by atoms with E-state index in [1.165, 1.54) is 12.1 Å². The average Bonchev–Trinajstić information content (AvgIpc) is 3.00. The molecule has 1 aliphatic rings. The van der Waals surface area contributed by atoms with Crippen molar-refractivity contribution in [2.45, 2.75) is 6.04 Å². The lowest BCUT2D eigenvalue weighted by Gasteiger charge is -2.25. The highest BCUT2D eigenvalue weighted by atomic mass is 16.3. The van der Waals surface area contributed by atoms with Gasteiger partial charge in [-0.05, 0) is 29.8 Å². The first-order valence-corrected chi connectivity index (χ1v) is 8.49. The van der Waals surface area contributed by atoms with Crippen LogP contribution >= 0.6 is 0 Å². The molecule has 128 valence electrons. The summed E-state index contributed by atoms with van der Waals surface area (Å²) >= 11 is 0. The van der Waals surface area contributed by atoms with Gasteiger partial charge >= 0.3 is 5.91 Å². The number of para-hydroxylation sites is 2. The van der Waals surface area contributed by atoms with Crippen LogP contribution in [0.1, 0.15) is 11.6 Å². The zero-order valence-electron chi connectivity index (χ0n) is 14.1. The summed E-state index contributed by atoms with van der Waals surface area (Å²) in [5.41, 5.74) is 3.38. The van der Waals surface area contributed by atoms with Crippen LogP contribution in [0.3, 0.4) is 0 Å². The number of amides is 1. The number of hydrogen-bond donors (Lipinski definition) is 1. The van der Waals surface area contributed by atoms with E-state index in [2.05, 4.69) is 0 Å². The van der Waals surface area contributed by atoms with Crippen LogP contribution in [0.15, 0.2) is 96.7 Å². The number of anilines is 1. The molecule has 3 aromatic rings. The summed E-state index contributed by atoms with van der Waals surface area (Å²) in [6.45, 7) is 0. The fourth-order valence-electron chi connectivity index (χ4n) is 3.20. The fraction of sp³-hybridized carbons (Fsp3) is 0.0455. The number of carbonyl (C=O) groups excluding carboxylic acids is 1. The van der Waals surface area contributed by atoms with Gasteiger partial charge in [-0.3, -0.25) is 15.0 Å².